The molecule has 22 heavy (non-hydrogen) atoms. The van der Waals surface area contributed by atoms with Crippen LogP contribution in [-0.2, 0) is 6.54 Å². The van der Waals surface area contributed by atoms with Crippen molar-refractivity contribution in [1.82, 2.24) is 14.8 Å². The highest BCUT2D eigenvalue weighted by Gasteiger charge is 2.26. The highest BCUT2D eigenvalue weighted by molar-refractivity contribution is 5.81. The van der Waals surface area contributed by atoms with Gasteiger partial charge in [0.25, 0.3) is 0 Å². The van der Waals surface area contributed by atoms with Gasteiger partial charge in [0.05, 0.1) is 5.52 Å². The average molecular weight is 295 g/mol. The molecular formula is C19H25N3. The third-order valence-electron chi connectivity index (χ3n) is 5.36. The molecule has 0 spiro atoms. The van der Waals surface area contributed by atoms with Gasteiger partial charge in [-0.15, -0.1) is 0 Å². The molecule has 0 unspecified atom stereocenters. The van der Waals surface area contributed by atoms with Crippen LogP contribution in [0.2, 0.25) is 0 Å². The predicted octanol–water partition coefficient (Wildman–Crippen LogP) is 3.30. The first-order valence-corrected chi connectivity index (χ1v) is 8.69. The van der Waals surface area contributed by atoms with Crippen LogP contribution in [0.1, 0.15) is 31.2 Å². The van der Waals surface area contributed by atoms with Crippen LogP contribution in [-0.4, -0.2) is 47.0 Å². The maximum Gasteiger partial charge on any atom is 0.0746 e. The molecule has 1 aliphatic heterocycles. The van der Waals surface area contributed by atoms with Crippen molar-refractivity contribution < 1.29 is 0 Å². The van der Waals surface area contributed by atoms with Gasteiger partial charge < -0.3 is 0 Å². The molecule has 0 N–H and O–H groups in total. The van der Waals surface area contributed by atoms with E-state index in [-0.39, 0.29) is 0 Å². The summed E-state index contributed by atoms with van der Waals surface area (Å²) in [5.74, 6) is 0. The lowest BCUT2D eigenvalue weighted by molar-refractivity contribution is 0.0939. The summed E-state index contributed by atoms with van der Waals surface area (Å²) < 4.78 is 0. The van der Waals surface area contributed by atoms with Crippen molar-refractivity contribution in [3.63, 3.8) is 0 Å². The standard InChI is InChI=1S/C19H25N3/c1-2-9-18(8-1)22-13-11-21(12-14-22)15-17-6-3-5-16-7-4-10-20-19(16)17/h3-7,10,18H,1-2,8-9,11-15H2. The number of rotatable bonds is 3. The van der Waals surface area contributed by atoms with E-state index in [0.717, 1.165) is 12.6 Å². The van der Waals surface area contributed by atoms with E-state index in [9.17, 15) is 0 Å². The Bertz CT molecular complexity index is 620. The maximum absolute atomic E-state index is 4.59. The molecule has 2 heterocycles. The number of piperazine rings is 1. The van der Waals surface area contributed by atoms with E-state index in [4.69, 9.17) is 0 Å². The summed E-state index contributed by atoms with van der Waals surface area (Å²) in [6, 6.07) is 11.6. The summed E-state index contributed by atoms with van der Waals surface area (Å²) in [5.41, 5.74) is 2.54. The number of para-hydroxylation sites is 1. The van der Waals surface area contributed by atoms with E-state index in [1.54, 1.807) is 0 Å². The average Bonchev–Trinajstić information content (AvgIpc) is 3.10. The van der Waals surface area contributed by atoms with E-state index in [2.05, 4.69) is 39.0 Å². The largest absolute Gasteiger partial charge is 0.298 e. The first-order valence-electron chi connectivity index (χ1n) is 8.69. The zero-order chi connectivity index (χ0) is 14.8. The Morgan fingerprint density at radius 1 is 0.955 bits per heavy atom. The molecule has 0 bridgehead atoms. The summed E-state index contributed by atoms with van der Waals surface area (Å²) in [5, 5.41) is 1.25. The molecule has 4 rings (SSSR count). The van der Waals surface area contributed by atoms with Crippen molar-refractivity contribution in [2.75, 3.05) is 26.2 Å². The van der Waals surface area contributed by atoms with Gasteiger partial charge in [-0.25, -0.2) is 0 Å². The van der Waals surface area contributed by atoms with Gasteiger partial charge >= 0.3 is 0 Å². The van der Waals surface area contributed by atoms with Gasteiger partial charge in [-0.2, -0.15) is 0 Å². The second-order valence-electron chi connectivity index (χ2n) is 6.74. The predicted molar refractivity (Wildman–Crippen MR) is 90.8 cm³/mol. The lowest BCUT2D eigenvalue weighted by Gasteiger charge is -2.38. The molecule has 0 radical (unpaired) electrons. The molecule has 3 nitrogen and oxygen atoms in total. The fourth-order valence-corrected chi connectivity index (χ4v) is 4.09. The molecule has 2 aliphatic rings. The van der Waals surface area contributed by atoms with Gasteiger partial charge in [0.1, 0.15) is 0 Å². The minimum atomic E-state index is 0.876. The third-order valence-corrected chi connectivity index (χ3v) is 5.36. The number of benzene rings is 1. The maximum atomic E-state index is 4.59. The van der Waals surface area contributed by atoms with Crippen LogP contribution < -0.4 is 0 Å². The van der Waals surface area contributed by atoms with Gasteiger partial charge in [0, 0.05) is 50.3 Å². The lowest BCUT2D eigenvalue weighted by atomic mass is 10.1. The van der Waals surface area contributed by atoms with Gasteiger partial charge in [0.2, 0.25) is 0 Å². The smallest absolute Gasteiger partial charge is 0.0746 e. The number of fused-ring (bicyclic) bond motifs is 1. The molecule has 1 saturated carbocycles. The van der Waals surface area contributed by atoms with Crippen molar-refractivity contribution in [3.05, 3.63) is 42.1 Å². The van der Waals surface area contributed by atoms with Crippen molar-refractivity contribution in [2.24, 2.45) is 0 Å². The van der Waals surface area contributed by atoms with Crippen LogP contribution in [0.4, 0.5) is 0 Å². The molecule has 1 aromatic carbocycles. The molecule has 3 heteroatoms. The molecule has 1 aromatic heterocycles. The number of hydrogen-bond acceptors (Lipinski definition) is 3. The lowest BCUT2D eigenvalue weighted by Crippen LogP contribution is -2.49. The van der Waals surface area contributed by atoms with Crippen molar-refractivity contribution >= 4 is 10.9 Å². The third kappa shape index (κ3) is 2.88. The van der Waals surface area contributed by atoms with Crippen LogP contribution in [0, 0.1) is 0 Å². The fraction of sp³-hybridized carbons (Fsp3) is 0.526. The summed E-state index contributed by atoms with van der Waals surface area (Å²) in [6.45, 7) is 5.90. The molecule has 0 amide bonds. The van der Waals surface area contributed by atoms with Gasteiger partial charge in [-0.1, -0.05) is 37.1 Å². The highest BCUT2D eigenvalue weighted by Crippen LogP contribution is 2.25. The van der Waals surface area contributed by atoms with Gasteiger partial charge in [-0.05, 0) is 24.5 Å². The van der Waals surface area contributed by atoms with Crippen molar-refractivity contribution in [1.29, 1.82) is 0 Å². The Kier molecular flexibility index (Phi) is 4.09. The minimum absolute atomic E-state index is 0.876. The van der Waals surface area contributed by atoms with Crippen molar-refractivity contribution in [2.45, 2.75) is 38.3 Å². The van der Waals surface area contributed by atoms with Crippen LogP contribution in [0.3, 0.4) is 0 Å². The Morgan fingerprint density at radius 3 is 2.55 bits per heavy atom. The quantitative estimate of drug-likeness (QED) is 0.866. The SMILES string of the molecule is c1cnc2c(CN3CCN(C4CCCC4)CC3)cccc2c1. The Balaban J connectivity index is 1.41. The fourth-order valence-electron chi connectivity index (χ4n) is 4.09. The zero-order valence-corrected chi connectivity index (χ0v) is 13.2. The summed E-state index contributed by atoms with van der Waals surface area (Å²) >= 11 is 0. The monoisotopic (exact) mass is 295 g/mol. The van der Waals surface area contributed by atoms with E-state index in [0.29, 0.717) is 0 Å². The molecule has 116 valence electrons. The summed E-state index contributed by atoms with van der Waals surface area (Å²) in [6.07, 6.45) is 7.63. The molecule has 0 atom stereocenters. The van der Waals surface area contributed by atoms with Gasteiger partial charge in [-0.3, -0.25) is 14.8 Å². The van der Waals surface area contributed by atoms with E-state index in [1.165, 1.54) is 68.3 Å². The normalized spacial score (nSPS) is 21.6. The number of pyridine rings is 1. The molecule has 2 fully saturated rings. The molecule has 1 aliphatic carbocycles. The Labute approximate surface area is 132 Å². The topological polar surface area (TPSA) is 19.4 Å². The first kappa shape index (κ1) is 14.2. The zero-order valence-electron chi connectivity index (χ0n) is 13.2. The Hall–Kier alpha value is -1.45. The number of nitrogens with zero attached hydrogens (tertiary/aromatic N) is 3. The van der Waals surface area contributed by atoms with Crippen LogP contribution in [0.15, 0.2) is 36.5 Å². The Morgan fingerprint density at radius 2 is 1.73 bits per heavy atom. The second kappa shape index (κ2) is 6.35. The molecule has 1 saturated heterocycles. The second-order valence-corrected chi connectivity index (χ2v) is 6.74. The van der Waals surface area contributed by atoms with Crippen molar-refractivity contribution in [3.8, 4) is 0 Å². The molecular weight excluding hydrogens is 270 g/mol. The highest BCUT2D eigenvalue weighted by atomic mass is 15.3. The van der Waals surface area contributed by atoms with Crippen LogP contribution in [0.25, 0.3) is 10.9 Å². The first-order chi connectivity index (χ1) is 10.9. The number of aromatic nitrogens is 1. The van der Waals surface area contributed by atoms with Gasteiger partial charge in [0.15, 0.2) is 0 Å². The van der Waals surface area contributed by atoms with Crippen LogP contribution >= 0.6 is 0 Å². The minimum Gasteiger partial charge on any atom is -0.298 e. The van der Waals surface area contributed by atoms with E-state index < -0.39 is 0 Å². The summed E-state index contributed by atoms with van der Waals surface area (Å²) in [4.78, 5) is 9.91. The van der Waals surface area contributed by atoms with Crippen LogP contribution in [0.5, 0.6) is 0 Å². The van der Waals surface area contributed by atoms with E-state index >= 15 is 0 Å². The molecule has 2 aromatic rings. The number of hydrogen-bond donors (Lipinski definition) is 0. The summed E-state index contributed by atoms with van der Waals surface area (Å²) in [7, 11) is 0. The van der Waals surface area contributed by atoms with E-state index in [1.807, 2.05) is 12.3 Å².